The van der Waals surface area contributed by atoms with Crippen LogP contribution in [0.2, 0.25) is 0 Å². The van der Waals surface area contributed by atoms with Gasteiger partial charge in [0.05, 0.1) is 0 Å². The Morgan fingerprint density at radius 1 is 1.05 bits per heavy atom. The van der Waals surface area contributed by atoms with Crippen LogP contribution in [0.25, 0.3) is 0 Å². The first-order valence-electron chi connectivity index (χ1n) is 9.16. The molecule has 1 aromatic rings. The molecule has 0 radical (unpaired) electrons. The number of fused-ring (bicyclic) bond motifs is 6. The van der Waals surface area contributed by atoms with Crippen molar-refractivity contribution in [3.63, 3.8) is 0 Å². The van der Waals surface area contributed by atoms with Crippen LogP contribution in [-0.4, -0.2) is 6.04 Å². The molecular weight excluding hydrogens is 254 g/mol. The molecule has 6 atom stereocenters. The van der Waals surface area contributed by atoms with E-state index in [0.717, 1.165) is 35.5 Å². The van der Waals surface area contributed by atoms with Crippen molar-refractivity contribution in [1.82, 2.24) is 0 Å². The average Bonchev–Trinajstić information content (AvgIpc) is 2.96. The van der Waals surface area contributed by atoms with E-state index in [2.05, 4.69) is 24.3 Å². The van der Waals surface area contributed by atoms with Gasteiger partial charge in [0.25, 0.3) is 0 Å². The molecule has 112 valence electrons. The summed E-state index contributed by atoms with van der Waals surface area (Å²) in [4.78, 5) is 0. The Kier molecular flexibility index (Phi) is 2.77. The number of nitrogens with two attached hydrogens (primary N) is 1. The van der Waals surface area contributed by atoms with Gasteiger partial charge in [-0.25, -0.2) is 0 Å². The van der Waals surface area contributed by atoms with Crippen LogP contribution < -0.4 is 5.73 Å². The zero-order valence-corrected chi connectivity index (χ0v) is 12.9. The maximum absolute atomic E-state index is 6.71. The van der Waals surface area contributed by atoms with E-state index >= 15 is 0 Å². The van der Waals surface area contributed by atoms with Crippen molar-refractivity contribution < 1.29 is 0 Å². The predicted molar refractivity (Wildman–Crippen MR) is 86.0 cm³/mol. The molecule has 0 spiro atoms. The van der Waals surface area contributed by atoms with Crippen LogP contribution in [0.15, 0.2) is 24.3 Å². The topological polar surface area (TPSA) is 26.0 Å². The van der Waals surface area contributed by atoms with Crippen LogP contribution >= 0.6 is 0 Å². The average molecular weight is 281 g/mol. The molecule has 3 saturated carbocycles. The summed E-state index contributed by atoms with van der Waals surface area (Å²) in [5.41, 5.74) is 9.92. The quantitative estimate of drug-likeness (QED) is 0.886. The fraction of sp³-hybridized carbons (Fsp3) is 0.700. The Morgan fingerprint density at radius 3 is 2.62 bits per heavy atom. The predicted octanol–water partition coefficient (Wildman–Crippen LogP) is 4.12. The molecular formula is C20H27N. The summed E-state index contributed by atoms with van der Waals surface area (Å²) in [6.45, 7) is 0. The summed E-state index contributed by atoms with van der Waals surface area (Å²) < 4.78 is 0. The lowest BCUT2D eigenvalue weighted by Gasteiger charge is -2.28. The molecule has 5 rings (SSSR count). The maximum atomic E-state index is 6.71. The lowest BCUT2D eigenvalue weighted by molar-refractivity contribution is 0.368. The monoisotopic (exact) mass is 281 g/mol. The molecule has 4 aliphatic carbocycles. The van der Waals surface area contributed by atoms with Gasteiger partial charge < -0.3 is 5.73 Å². The molecule has 2 N–H and O–H groups in total. The van der Waals surface area contributed by atoms with Gasteiger partial charge in [0.2, 0.25) is 0 Å². The van der Waals surface area contributed by atoms with Crippen molar-refractivity contribution in [3.8, 4) is 0 Å². The number of benzene rings is 1. The van der Waals surface area contributed by atoms with Gasteiger partial charge in [0.15, 0.2) is 0 Å². The SMILES string of the molecule is NC(CC1CCCc2ccccc21)C1C2C3CCC(C3)C12. The van der Waals surface area contributed by atoms with Gasteiger partial charge in [0.1, 0.15) is 0 Å². The summed E-state index contributed by atoms with van der Waals surface area (Å²) in [6, 6.07) is 9.58. The van der Waals surface area contributed by atoms with Gasteiger partial charge in [-0.15, -0.1) is 0 Å². The first kappa shape index (κ1) is 12.7. The van der Waals surface area contributed by atoms with E-state index < -0.39 is 0 Å². The Bertz CT molecular complexity index is 535. The third-order valence-electron chi connectivity index (χ3n) is 7.34. The lowest BCUT2D eigenvalue weighted by Crippen LogP contribution is -2.29. The fourth-order valence-electron chi connectivity index (χ4n) is 6.55. The van der Waals surface area contributed by atoms with Crippen molar-refractivity contribution in [3.05, 3.63) is 35.4 Å². The van der Waals surface area contributed by atoms with Gasteiger partial charge in [-0.05, 0) is 91.6 Å². The third-order valence-corrected chi connectivity index (χ3v) is 7.34. The molecule has 0 heterocycles. The van der Waals surface area contributed by atoms with Gasteiger partial charge in [-0.3, -0.25) is 0 Å². The molecule has 0 amide bonds. The molecule has 2 bridgehead atoms. The molecule has 1 nitrogen and oxygen atoms in total. The molecule has 3 fully saturated rings. The van der Waals surface area contributed by atoms with E-state index in [0.29, 0.717) is 6.04 Å². The number of rotatable bonds is 3. The van der Waals surface area contributed by atoms with E-state index in [1.165, 1.54) is 38.5 Å². The van der Waals surface area contributed by atoms with Crippen LogP contribution in [0.4, 0.5) is 0 Å². The summed E-state index contributed by atoms with van der Waals surface area (Å²) in [6.07, 6.45) is 9.82. The minimum Gasteiger partial charge on any atom is -0.327 e. The highest BCUT2D eigenvalue weighted by atomic mass is 14.8. The smallest absolute Gasteiger partial charge is 0.00786 e. The van der Waals surface area contributed by atoms with Crippen LogP contribution in [0.1, 0.15) is 55.6 Å². The van der Waals surface area contributed by atoms with Crippen LogP contribution in [-0.2, 0) is 6.42 Å². The summed E-state index contributed by atoms with van der Waals surface area (Å²) in [5, 5.41) is 0. The number of hydrogen-bond donors (Lipinski definition) is 1. The molecule has 1 aromatic carbocycles. The van der Waals surface area contributed by atoms with Crippen molar-refractivity contribution in [2.75, 3.05) is 0 Å². The second-order valence-electron chi connectivity index (χ2n) is 8.25. The largest absolute Gasteiger partial charge is 0.327 e. The first-order chi connectivity index (χ1) is 10.3. The first-order valence-corrected chi connectivity index (χ1v) is 9.16. The van der Waals surface area contributed by atoms with Crippen LogP contribution in [0.5, 0.6) is 0 Å². The highest BCUT2D eigenvalue weighted by Gasteiger charge is 2.66. The standard InChI is InChI=1S/C20H27N/c21-17(20-18-14-8-9-15(10-14)19(18)20)11-13-6-3-5-12-4-1-2-7-16(12)13/h1-2,4,7,13-15,17-20H,3,5-6,8-11,21H2. The summed E-state index contributed by atoms with van der Waals surface area (Å²) >= 11 is 0. The zero-order chi connectivity index (χ0) is 14.0. The van der Waals surface area contributed by atoms with Crippen molar-refractivity contribution in [2.24, 2.45) is 35.3 Å². The molecule has 4 aliphatic rings. The normalized spacial score (nSPS) is 44.2. The lowest BCUT2D eigenvalue weighted by atomic mass is 9.78. The second kappa shape index (κ2) is 4.59. The van der Waals surface area contributed by atoms with E-state index in [1.807, 2.05) is 0 Å². The van der Waals surface area contributed by atoms with Gasteiger partial charge >= 0.3 is 0 Å². The minimum absolute atomic E-state index is 0.472. The van der Waals surface area contributed by atoms with E-state index in [9.17, 15) is 0 Å². The molecule has 0 aliphatic heterocycles. The Labute approximate surface area is 128 Å². The number of aryl methyl sites for hydroxylation is 1. The summed E-state index contributed by atoms with van der Waals surface area (Å²) in [7, 11) is 0. The second-order valence-corrected chi connectivity index (χ2v) is 8.25. The molecule has 1 heteroatoms. The summed E-state index contributed by atoms with van der Waals surface area (Å²) in [5.74, 6) is 5.84. The van der Waals surface area contributed by atoms with Gasteiger partial charge in [-0.1, -0.05) is 24.3 Å². The molecule has 21 heavy (non-hydrogen) atoms. The van der Waals surface area contributed by atoms with E-state index in [1.54, 1.807) is 17.5 Å². The van der Waals surface area contributed by atoms with E-state index in [-0.39, 0.29) is 0 Å². The van der Waals surface area contributed by atoms with Gasteiger partial charge in [-0.2, -0.15) is 0 Å². The fourth-order valence-corrected chi connectivity index (χ4v) is 6.55. The van der Waals surface area contributed by atoms with E-state index in [4.69, 9.17) is 5.73 Å². The molecule has 0 aromatic heterocycles. The Hall–Kier alpha value is -0.820. The van der Waals surface area contributed by atoms with Crippen LogP contribution in [0, 0.1) is 29.6 Å². The van der Waals surface area contributed by atoms with Crippen molar-refractivity contribution in [1.29, 1.82) is 0 Å². The highest BCUT2D eigenvalue weighted by molar-refractivity contribution is 5.33. The minimum atomic E-state index is 0.472. The van der Waals surface area contributed by atoms with Gasteiger partial charge in [0, 0.05) is 6.04 Å². The Balaban J connectivity index is 1.31. The molecule has 6 unspecified atom stereocenters. The third kappa shape index (κ3) is 1.86. The van der Waals surface area contributed by atoms with Crippen LogP contribution in [0.3, 0.4) is 0 Å². The number of hydrogen-bond acceptors (Lipinski definition) is 1. The molecule has 0 saturated heterocycles. The maximum Gasteiger partial charge on any atom is 0.00786 e. The van der Waals surface area contributed by atoms with Crippen molar-refractivity contribution in [2.45, 2.75) is 56.9 Å². The Morgan fingerprint density at radius 2 is 1.81 bits per heavy atom. The highest BCUT2D eigenvalue weighted by Crippen LogP contribution is 2.70. The van der Waals surface area contributed by atoms with Crippen molar-refractivity contribution >= 4 is 0 Å². The zero-order valence-electron chi connectivity index (χ0n) is 12.9.